The Morgan fingerprint density at radius 2 is 2.25 bits per heavy atom. The number of nitrogens with one attached hydrogen (secondary N) is 1. The highest BCUT2D eigenvalue weighted by molar-refractivity contribution is 7.72. The predicted molar refractivity (Wildman–Crippen MR) is 70.1 cm³/mol. The van der Waals surface area contributed by atoms with Gasteiger partial charge in [-0.05, 0) is 12.2 Å². The molecule has 0 aromatic carbocycles. The van der Waals surface area contributed by atoms with Crippen molar-refractivity contribution >= 4 is 24.4 Å². The Morgan fingerprint density at radius 1 is 1.60 bits per heavy atom. The van der Waals surface area contributed by atoms with E-state index in [9.17, 15) is 13.9 Å². The van der Waals surface area contributed by atoms with Crippen molar-refractivity contribution in [3.63, 3.8) is 0 Å². The molecular weight excluding hydrogens is 310 g/mol. The summed E-state index contributed by atoms with van der Waals surface area (Å²) in [7, 11) is 0. The van der Waals surface area contributed by atoms with Gasteiger partial charge < -0.3 is 19.9 Å². The van der Waals surface area contributed by atoms with Crippen LogP contribution in [-0.2, 0) is 4.74 Å². The van der Waals surface area contributed by atoms with Gasteiger partial charge >= 0.3 is 0 Å². The number of aromatic nitrogens is 2. The van der Waals surface area contributed by atoms with E-state index in [0.717, 1.165) is 10.8 Å². The summed E-state index contributed by atoms with van der Waals surface area (Å²) in [6, 6.07) is 0. The molecule has 0 amide bonds. The number of halogens is 2. The molecule has 5 nitrogen and oxygen atoms in total. The predicted octanol–water partition coefficient (Wildman–Crippen LogP) is 1.01. The summed E-state index contributed by atoms with van der Waals surface area (Å²) in [6.07, 6.45) is 1.15. The summed E-state index contributed by atoms with van der Waals surface area (Å²) in [4.78, 5) is 2.37. The lowest BCUT2D eigenvalue weighted by Gasteiger charge is -2.26. The van der Waals surface area contributed by atoms with E-state index in [1.807, 2.05) is 5.92 Å². The van der Waals surface area contributed by atoms with E-state index in [0.29, 0.717) is 0 Å². The summed E-state index contributed by atoms with van der Waals surface area (Å²) < 4.78 is 33.3. The van der Waals surface area contributed by atoms with E-state index >= 15 is 0 Å². The monoisotopic (exact) mass is 320 g/mol. The molecule has 4 atom stereocenters. The van der Waals surface area contributed by atoms with Crippen molar-refractivity contribution in [2.24, 2.45) is 0 Å². The fourth-order valence-corrected chi connectivity index (χ4v) is 2.42. The first-order valence-electron chi connectivity index (χ1n) is 5.46. The van der Waals surface area contributed by atoms with Crippen molar-refractivity contribution < 1.29 is 23.7 Å². The van der Waals surface area contributed by atoms with Crippen LogP contribution in [0.15, 0.2) is 6.20 Å². The lowest BCUT2D eigenvalue weighted by Crippen LogP contribution is -2.43. The minimum atomic E-state index is -2.38. The molecule has 1 aromatic rings. The molecule has 9 heteroatoms. The van der Waals surface area contributed by atoms with Gasteiger partial charge in [0.1, 0.15) is 10.7 Å². The average Bonchev–Trinajstić information content (AvgIpc) is 2.67. The molecule has 1 saturated heterocycles. The lowest BCUT2D eigenvalue weighted by molar-refractivity contribution is -0.0743. The number of terminal acetylenes is 1. The number of ether oxygens (including phenoxy) is 1. The molecule has 0 saturated carbocycles. The Kier molecular flexibility index (Phi) is 4.04. The third-order valence-electron chi connectivity index (χ3n) is 3.02. The molecule has 108 valence electrons. The molecule has 0 aliphatic carbocycles. The average molecular weight is 320 g/mol. The molecular formula is C11H10F2N2O3S2. The molecule has 0 radical (unpaired) electrons. The van der Waals surface area contributed by atoms with E-state index in [1.165, 1.54) is 0 Å². The van der Waals surface area contributed by atoms with Gasteiger partial charge in [0.25, 0.3) is 0 Å². The van der Waals surface area contributed by atoms with E-state index in [1.54, 1.807) is 0 Å². The number of aliphatic hydroxyl groups is 2. The number of hydrogen-bond donors (Lipinski definition) is 3. The van der Waals surface area contributed by atoms with Gasteiger partial charge in [0.05, 0.1) is 6.61 Å². The van der Waals surface area contributed by atoms with Gasteiger partial charge in [-0.3, -0.25) is 4.57 Å². The van der Waals surface area contributed by atoms with Gasteiger partial charge in [-0.25, -0.2) is 8.78 Å². The SMILES string of the molecule is C#CC1(O)C(n2cc(F)c(=S)[nH]c2=S)OC(CO)[C@@H]1F. The van der Waals surface area contributed by atoms with Crippen LogP contribution in [0.3, 0.4) is 0 Å². The molecule has 20 heavy (non-hydrogen) atoms. The van der Waals surface area contributed by atoms with Crippen LogP contribution in [0.4, 0.5) is 8.78 Å². The first kappa shape index (κ1) is 15.2. The molecule has 1 aliphatic rings. The largest absolute Gasteiger partial charge is 0.394 e. The van der Waals surface area contributed by atoms with Crippen molar-refractivity contribution in [3.05, 3.63) is 21.4 Å². The quantitative estimate of drug-likeness (QED) is 0.560. The number of alkyl halides is 1. The fraction of sp³-hybridized carbons (Fsp3) is 0.455. The van der Waals surface area contributed by atoms with Gasteiger partial charge in [-0.15, -0.1) is 6.42 Å². The number of nitrogens with zero attached hydrogens (tertiary/aromatic N) is 1. The van der Waals surface area contributed by atoms with Crippen molar-refractivity contribution in [1.29, 1.82) is 0 Å². The van der Waals surface area contributed by atoms with Crippen molar-refractivity contribution in [2.75, 3.05) is 6.61 Å². The van der Waals surface area contributed by atoms with Crippen LogP contribution in [0.2, 0.25) is 0 Å². The Bertz CT molecular complexity index is 683. The second-order valence-corrected chi connectivity index (χ2v) is 5.02. The fourth-order valence-electron chi connectivity index (χ4n) is 1.96. The minimum absolute atomic E-state index is 0.0964. The summed E-state index contributed by atoms with van der Waals surface area (Å²) in [6.45, 7) is -0.694. The zero-order chi connectivity index (χ0) is 15.1. The first-order valence-corrected chi connectivity index (χ1v) is 6.28. The number of hydrogen-bond acceptors (Lipinski definition) is 5. The van der Waals surface area contributed by atoms with E-state index in [4.69, 9.17) is 28.5 Å². The van der Waals surface area contributed by atoms with Gasteiger partial charge in [0.15, 0.2) is 23.0 Å². The minimum Gasteiger partial charge on any atom is -0.394 e. The number of rotatable bonds is 2. The van der Waals surface area contributed by atoms with Crippen LogP contribution < -0.4 is 0 Å². The van der Waals surface area contributed by atoms with E-state index in [-0.39, 0.29) is 9.41 Å². The Morgan fingerprint density at radius 3 is 2.80 bits per heavy atom. The molecule has 1 aliphatic heterocycles. The second-order valence-electron chi connectivity index (χ2n) is 4.22. The Hall–Kier alpha value is -1.18. The summed E-state index contributed by atoms with van der Waals surface area (Å²) >= 11 is 9.59. The van der Waals surface area contributed by atoms with Crippen molar-refractivity contribution in [1.82, 2.24) is 9.55 Å². The van der Waals surface area contributed by atoms with Gasteiger partial charge in [0, 0.05) is 6.20 Å². The topological polar surface area (TPSA) is 70.4 Å². The lowest BCUT2D eigenvalue weighted by atomic mass is 9.96. The number of aromatic amines is 1. The van der Waals surface area contributed by atoms with Gasteiger partial charge in [-0.2, -0.15) is 0 Å². The zero-order valence-corrected chi connectivity index (χ0v) is 11.5. The van der Waals surface area contributed by atoms with Crippen LogP contribution in [0.5, 0.6) is 0 Å². The number of H-pyrrole nitrogens is 1. The standard InChI is InChI=1S/C11H10F2N2O3S2/c1-2-11(17)7(13)6(4-16)18-9(11)15-3-5(12)8(19)14-10(15)20/h1,3,6-7,9,16-17H,4H2,(H,14,19,20)/t6?,7-,9?,11?/m0/s1. The maximum absolute atomic E-state index is 14.0. The molecule has 2 heterocycles. The third kappa shape index (κ3) is 2.19. The smallest absolute Gasteiger partial charge is 0.204 e. The number of aliphatic hydroxyl groups excluding tert-OH is 1. The van der Waals surface area contributed by atoms with Crippen LogP contribution in [-0.4, -0.2) is 44.2 Å². The molecule has 3 unspecified atom stereocenters. The maximum atomic E-state index is 14.0. The highest BCUT2D eigenvalue weighted by Gasteiger charge is 2.56. The zero-order valence-electron chi connectivity index (χ0n) is 9.92. The summed E-state index contributed by atoms with van der Waals surface area (Å²) in [5.41, 5.74) is -2.38. The second kappa shape index (κ2) is 5.31. The Balaban J connectivity index is 2.58. The van der Waals surface area contributed by atoms with Gasteiger partial charge in [-0.1, -0.05) is 18.1 Å². The van der Waals surface area contributed by atoms with Crippen LogP contribution in [0, 0.1) is 27.6 Å². The normalized spacial score (nSPS) is 33.0. The van der Waals surface area contributed by atoms with Crippen molar-refractivity contribution in [3.8, 4) is 12.3 Å². The summed E-state index contributed by atoms with van der Waals surface area (Å²) in [5, 5.41) is 19.2. The molecule has 0 spiro atoms. The van der Waals surface area contributed by atoms with E-state index in [2.05, 4.69) is 17.2 Å². The van der Waals surface area contributed by atoms with Gasteiger partial charge in [0.2, 0.25) is 5.60 Å². The molecule has 2 rings (SSSR count). The third-order valence-corrected chi connectivity index (χ3v) is 3.63. The highest BCUT2D eigenvalue weighted by Crippen LogP contribution is 2.39. The van der Waals surface area contributed by atoms with Crippen LogP contribution in [0.1, 0.15) is 6.23 Å². The van der Waals surface area contributed by atoms with Crippen LogP contribution >= 0.6 is 24.4 Å². The summed E-state index contributed by atoms with van der Waals surface area (Å²) in [5.74, 6) is 1.05. The van der Waals surface area contributed by atoms with E-state index < -0.39 is 36.5 Å². The first-order chi connectivity index (χ1) is 9.35. The van der Waals surface area contributed by atoms with Crippen molar-refractivity contribution in [2.45, 2.75) is 24.1 Å². The molecule has 3 N–H and O–H groups in total. The molecule has 1 aromatic heterocycles. The van der Waals surface area contributed by atoms with Crippen LogP contribution in [0.25, 0.3) is 0 Å². The molecule has 1 fully saturated rings. The maximum Gasteiger partial charge on any atom is 0.204 e. The molecule has 0 bridgehead atoms. The Labute approximate surface area is 122 Å². The highest BCUT2D eigenvalue weighted by atomic mass is 32.1.